The van der Waals surface area contributed by atoms with Gasteiger partial charge in [-0.15, -0.1) is 11.3 Å². The summed E-state index contributed by atoms with van der Waals surface area (Å²) in [7, 11) is 0. The smallest absolute Gasteiger partial charge is 0.208 e. The monoisotopic (exact) mass is 229 g/mol. The molecule has 1 heterocycles. The van der Waals surface area contributed by atoms with E-state index in [0.29, 0.717) is 11.6 Å². The molecule has 1 aromatic heterocycles. The van der Waals surface area contributed by atoms with Crippen molar-refractivity contribution in [2.24, 2.45) is 0 Å². The highest BCUT2D eigenvalue weighted by atomic mass is 32.1. The van der Waals surface area contributed by atoms with Gasteiger partial charge in [0.25, 0.3) is 0 Å². The summed E-state index contributed by atoms with van der Waals surface area (Å²) in [6.07, 6.45) is 0.411. The highest BCUT2D eigenvalue weighted by Crippen LogP contribution is 2.30. The van der Waals surface area contributed by atoms with Crippen LogP contribution in [0.15, 0.2) is 0 Å². The molecule has 0 saturated heterocycles. The Morgan fingerprint density at radius 3 is 2.60 bits per heavy atom. The summed E-state index contributed by atoms with van der Waals surface area (Å²) >= 11 is 1.35. The molecule has 0 aliphatic rings. The Bertz CT molecular complexity index is 368. The summed E-state index contributed by atoms with van der Waals surface area (Å²) in [5.41, 5.74) is 6.39. The molecule has 5 nitrogen and oxygen atoms in total. The fourth-order valence-electron chi connectivity index (χ4n) is 1.32. The molecule has 0 saturated carbocycles. The van der Waals surface area contributed by atoms with Crippen molar-refractivity contribution in [2.75, 3.05) is 12.3 Å². The van der Waals surface area contributed by atoms with Crippen molar-refractivity contribution in [3.05, 3.63) is 20.7 Å². The lowest BCUT2D eigenvalue weighted by Crippen LogP contribution is -2.15. The molecule has 15 heavy (non-hydrogen) atoms. The largest absolute Gasteiger partial charge is 0.375 e. The predicted octanol–water partition coefficient (Wildman–Crippen LogP) is 1.84. The zero-order valence-electron chi connectivity index (χ0n) is 9.11. The molecule has 1 aromatic rings. The van der Waals surface area contributed by atoms with Crippen LogP contribution in [-0.4, -0.2) is 16.5 Å². The third kappa shape index (κ3) is 3.16. The normalized spacial score (nSPS) is 11.7. The van der Waals surface area contributed by atoms with Gasteiger partial charge in [0.15, 0.2) is 5.13 Å². The topological polar surface area (TPSA) is 82.0 Å². The third-order valence-corrected chi connectivity index (χ3v) is 2.89. The first-order valence-electron chi connectivity index (χ1n) is 4.68. The van der Waals surface area contributed by atoms with Crippen LogP contribution in [0.25, 0.3) is 0 Å². The molecule has 0 aliphatic carbocycles. The van der Waals surface area contributed by atoms with Crippen LogP contribution >= 0.6 is 11.3 Å². The van der Waals surface area contributed by atoms with Crippen LogP contribution in [0.4, 0.5) is 5.13 Å². The first kappa shape index (κ1) is 11.9. The van der Waals surface area contributed by atoms with Gasteiger partial charge in [-0.1, -0.05) is 20.8 Å². The van der Waals surface area contributed by atoms with E-state index < -0.39 is 0 Å². The van der Waals surface area contributed by atoms with Crippen molar-refractivity contribution in [2.45, 2.75) is 32.6 Å². The molecule has 0 atom stereocenters. The van der Waals surface area contributed by atoms with Gasteiger partial charge in [-0.25, -0.2) is 4.98 Å². The van der Waals surface area contributed by atoms with Gasteiger partial charge >= 0.3 is 0 Å². The summed E-state index contributed by atoms with van der Waals surface area (Å²) in [5.74, 6) is 0. The molecular weight excluding hydrogens is 214 g/mol. The molecule has 0 amide bonds. The fourth-order valence-corrected chi connectivity index (χ4v) is 2.35. The minimum atomic E-state index is -0.317. The number of thiazole rings is 1. The number of nitrogens with zero attached hydrogens (tertiary/aromatic N) is 2. The zero-order valence-corrected chi connectivity index (χ0v) is 9.93. The zero-order chi connectivity index (χ0) is 11.6. The van der Waals surface area contributed by atoms with E-state index >= 15 is 0 Å². The highest BCUT2D eigenvalue weighted by molar-refractivity contribution is 7.15. The maximum atomic E-state index is 10.3. The van der Waals surface area contributed by atoms with Gasteiger partial charge in [-0.2, -0.15) is 0 Å². The van der Waals surface area contributed by atoms with Crippen molar-refractivity contribution in [3.63, 3.8) is 0 Å². The number of nitro groups is 1. The Labute approximate surface area is 92.5 Å². The first-order valence-corrected chi connectivity index (χ1v) is 5.50. The third-order valence-electron chi connectivity index (χ3n) is 1.95. The summed E-state index contributed by atoms with van der Waals surface area (Å²) in [4.78, 5) is 15.1. The Morgan fingerprint density at radius 1 is 1.53 bits per heavy atom. The molecular formula is C9H15N3O2S. The van der Waals surface area contributed by atoms with E-state index in [2.05, 4.69) is 4.98 Å². The molecule has 0 aromatic carbocycles. The second-order valence-corrected chi connectivity index (χ2v) is 5.50. The van der Waals surface area contributed by atoms with Crippen molar-refractivity contribution < 1.29 is 4.92 Å². The SMILES string of the molecule is CC(C)(C)c1nc(N)sc1CC[N+](=O)[O-]. The van der Waals surface area contributed by atoms with Crippen LogP contribution < -0.4 is 5.73 Å². The van der Waals surface area contributed by atoms with E-state index in [-0.39, 0.29) is 16.9 Å². The summed E-state index contributed by atoms with van der Waals surface area (Å²) < 4.78 is 0. The highest BCUT2D eigenvalue weighted by Gasteiger charge is 2.23. The number of nitrogens with two attached hydrogens (primary N) is 1. The second kappa shape index (κ2) is 4.14. The van der Waals surface area contributed by atoms with Gasteiger partial charge in [0.2, 0.25) is 6.54 Å². The van der Waals surface area contributed by atoms with Gasteiger partial charge in [0, 0.05) is 21.6 Å². The summed E-state index contributed by atoms with van der Waals surface area (Å²) in [5, 5.41) is 10.8. The molecule has 84 valence electrons. The van der Waals surface area contributed by atoms with Crippen molar-refractivity contribution in [1.82, 2.24) is 4.98 Å². The van der Waals surface area contributed by atoms with Crippen LogP contribution in [-0.2, 0) is 11.8 Å². The summed E-state index contributed by atoms with van der Waals surface area (Å²) in [6, 6.07) is 0. The van der Waals surface area contributed by atoms with Crippen molar-refractivity contribution >= 4 is 16.5 Å². The number of rotatable bonds is 3. The minimum absolute atomic E-state index is 0.0648. The molecule has 6 heteroatoms. The van der Waals surface area contributed by atoms with Crippen molar-refractivity contribution in [3.8, 4) is 0 Å². The molecule has 0 bridgehead atoms. The van der Waals surface area contributed by atoms with Crippen LogP contribution in [0.3, 0.4) is 0 Å². The number of aromatic nitrogens is 1. The lowest BCUT2D eigenvalue weighted by atomic mass is 9.91. The standard InChI is InChI=1S/C9H15N3O2S/c1-9(2,3)7-6(4-5-12(13)14)15-8(10)11-7/h4-5H2,1-3H3,(H2,10,11). The minimum Gasteiger partial charge on any atom is -0.375 e. The molecule has 2 N–H and O–H groups in total. The number of nitrogen functional groups attached to an aromatic ring is 1. The first-order chi connectivity index (χ1) is 6.80. The lowest BCUT2D eigenvalue weighted by Gasteiger charge is -2.16. The van der Waals surface area contributed by atoms with E-state index in [4.69, 9.17) is 5.73 Å². The maximum Gasteiger partial charge on any atom is 0.208 e. The van der Waals surface area contributed by atoms with E-state index in [1.165, 1.54) is 11.3 Å². The molecule has 0 unspecified atom stereocenters. The lowest BCUT2D eigenvalue weighted by molar-refractivity contribution is -0.479. The predicted molar refractivity (Wildman–Crippen MR) is 60.8 cm³/mol. The quantitative estimate of drug-likeness (QED) is 0.633. The fraction of sp³-hybridized carbons (Fsp3) is 0.667. The van der Waals surface area contributed by atoms with E-state index in [9.17, 15) is 10.1 Å². The molecule has 0 aliphatic heterocycles. The van der Waals surface area contributed by atoms with E-state index in [1.807, 2.05) is 20.8 Å². The number of anilines is 1. The summed E-state index contributed by atoms with van der Waals surface area (Å²) in [6.45, 7) is 6.01. The van der Waals surface area contributed by atoms with Crippen LogP contribution in [0.1, 0.15) is 31.3 Å². The van der Waals surface area contributed by atoms with Gasteiger partial charge in [0.05, 0.1) is 5.69 Å². The number of hydrogen-bond acceptors (Lipinski definition) is 5. The Kier molecular flexibility index (Phi) is 3.28. The van der Waals surface area contributed by atoms with Gasteiger partial charge in [-0.3, -0.25) is 10.1 Å². The van der Waals surface area contributed by atoms with Gasteiger partial charge in [-0.05, 0) is 0 Å². The van der Waals surface area contributed by atoms with Crippen LogP contribution in [0, 0.1) is 10.1 Å². The van der Waals surface area contributed by atoms with Gasteiger partial charge in [0.1, 0.15) is 0 Å². The Morgan fingerprint density at radius 2 is 2.13 bits per heavy atom. The average molecular weight is 229 g/mol. The molecule has 1 rings (SSSR count). The van der Waals surface area contributed by atoms with E-state index in [0.717, 1.165) is 10.6 Å². The molecule has 0 radical (unpaired) electrons. The van der Waals surface area contributed by atoms with Gasteiger partial charge < -0.3 is 5.73 Å². The maximum absolute atomic E-state index is 10.3. The number of hydrogen-bond donors (Lipinski definition) is 1. The molecule has 0 fully saturated rings. The van der Waals surface area contributed by atoms with E-state index in [1.54, 1.807) is 0 Å². The second-order valence-electron chi connectivity index (χ2n) is 4.38. The Hall–Kier alpha value is -1.17. The van der Waals surface area contributed by atoms with Crippen LogP contribution in [0.2, 0.25) is 0 Å². The average Bonchev–Trinajstić information content (AvgIpc) is 2.42. The van der Waals surface area contributed by atoms with Crippen molar-refractivity contribution in [1.29, 1.82) is 0 Å². The van der Waals surface area contributed by atoms with Crippen LogP contribution in [0.5, 0.6) is 0 Å². The molecule has 0 spiro atoms. The Balaban J connectivity index is 2.91.